The molecule has 0 saturated heterocycles. The van der Waals surface area contributed by atoms with Gasteiger partial charge in [-0.25, -0.2) is 0 Å². The predicted octanol–water partition coefficient (Wildman–Crippen LogP) is 8.69. The van der Waals surface area contributed by atoms with E-state index in [0.29, 0.717) is 0 Å². The van der Waals surface area contributed by atoms with Crippen LogP contribution in [0, 0.1) is 0 Å². The minimum atomic E-state index is 0.182. The van der Waals surface area contributed by atoms with E-state index in [4.69, 9.17) is 0 Å². The Morgan fingerprint density at radius 2 is 1.33 bits per heavy atom. The summed E-state index contributed by atoms with van der Waals surface area (Å²) in [5.74, 6) is 0. The van der Waals surface area contributed by atoms with Gasteiger partial charge in [-0.2, -0.15) is 0 Å². The van der Waals surface area contributed by atoms with Crippen molar-refractivity contribution in [2.24, 2.45) is 0 Å². The topological polar surface area (TPSA) is 12.0 Å². The van der Waals surface area contributed by atoms with Gasteiger partial charge in [0, 0.05) is 16.2 Å². The van der Waals surface area contributed by atoms with Crippen molar-refractivity contribution in [3.05, 3.63) is 136 Å². The third-order valence-electron chi connectivity index (χ3n) is 6.16. The molecule has 0 heterocycles. The molecule has 0 aliphatic heterocycles. The fraction of sp³-hybridized carbons (Fsp3) is 0.0968. The first-order valence-corrected chi connectivity index (χ1v) is 12.1. The Bertz CT molecular complexity index is 1430. The number of hydrogen-bond donors (Lipinski definition) is 1. The van der Waals surface area contributed by atoms with Gasteiger partial charge in [0.05, 0.1) is 0 Å². The van der Waals surface area contributed by atoms with Gasteiger partial charge in [-0.15, -0.1) is 0 Å². The molecule has 5 rings (SSSR count). The molecule has 0 fully saturated rings. The highest BCUT2D eigenvalue weighted by molar-refractivity contribution is 9.10. The van der Waals surface area contributed by atoms with Crippen LogP contribution in [0.15, 0.2) is 120 Å². The summed E-state index contributed by atoms with van der Waals surface area (Å²) in [4.78, 5) is 0. The Balaban J connectivity index is 1.44. The maximum Gasteiger partial charge on any atom is 0.0485 e. The van der Waals surface area contributed by atoms with Crippen LogP contribution in [0.1, 0.15) is 29.7 Å². The van der Waals surface area contributed by atoms with Gasteiger partial charge in [0.15, 0.2) is 0 Å². The smallest absolute Gasteiger partial charge is 0.0485 e. The van der Waals surface area contributed by atoms with E-state index >= 15 is 0 Å². The minimum absolute atomic E-state index is 0.182. The number of halogens is 1. The van der Waals surface area contributed by atoms with Crippen molar-refractivity contribution < 1.29 is 0 Å². The first-order chi connectivity index (χ1) is 16.2. The summed E-state index contributed by atoms with van der Waals surface area (Å²) in [7, 11) is 0. The normalized spacial score (nSPS) is 12.7. The van der Waals surface area contributed by atoms with Gasteiger partial charge in [-0.3, -0.25) is 0 Å². The molecule has 5 aromatic carbocycles. The van der Waals surface area contributed by atoms with Crippen molar-refractivity contribution in [1.82, 2.24) is 5.32 Å². The quantitative estimate of drug-likeness (QED) is 0.250. The Morgan fingerprint density at radius 1 is 0.727 bits per heavy atom. The van der Waals surface area contributed by atoms with Crippen LogP contribution in [0.3, 0.4) is 0 Å². The zero-order valence-corrected chi connectivity index (χ0v) is 20.2. The Hall–Kier alpha value is -3.36. The van der Waals surface area contributed by atoms with Gasteiger partial charge in [0.1, 0.15) is 0 Å². The second kappa shape index (κ2) is 9.64. The molecule has 33 heavy (non-hydrogen) atoms. The van der Waals surface area contributed by atoms with Crippen LogP contribution in [-0.4, -0.2) is 0 Å². The van der Waals surface area contributed by atoms with Gasteiger partial charge in [0.2, 0.25) is 0 Å². The molecule has 162 valence electrons. The van der Waals surface area contributed by atoms with Crippen LogP contribution in [0.25, 0.3) is 27.2 Å². The molecule has 0 saturated carbocycles. The lowest BCUT2D eigenvalue weighted by atomic mass is 10.0. The SMILES string of the molecule is CC(N/C(=C\Cc1ccc2ccccc2c1)c1ccc(Br)cc1)c1ccc2ccccc2c1. The second-order valence-corrected chi connectivity index (χ2v) is 9.40. The Labute approximate surface area is 203 Å². The summed E-state index contributed by atoms with van der Waals surface area (Å²) in [6, 6.07) is 39.2. The van der Waals surface area contributed by atoms with Crippen molar-refractivity contribution in [3.8, 4) is 0 Å². The van der Waals surface area contributed by atoms with Crippen LogP contribution >= 0.6 is 15.9 Å². The zero-order chi connectivity index (χ0) is 22.6. The molecule has 0 spiro atoms. The molecular formula is C31H26BrN. The lowest BCUT2D eigenvalue weighted by molar-refractivity contribution is 0.700. The number of nitrogens with one attached hydrogen (secondary N) is 1. The highest BCUT2D eigenvalue weighted by Crippen LogP contribution is 2.25. The average Bonchev–Trinajstić information content (AvgIpc) is 2.86. The standard InChI is InChI=1S/C31H26BrN/c1-22(27-14-13-25-7-3-5-9-29(25)21-27)33-31(26-15-17-30(32)18-16-26)19-11-23-10-12-24-6-2-4-8-28(24)20-23/h2-10,12-22,33H,11H2,1H3/b31-19-. The first-order valence-electron chi connectivity index (χ1n) is 11.3. The van der Waals surface area contributed by atoms with E-state index in [1.54, 1.807) is 0 Å². The summed E-state index contributed by atoms with van der Waals surface area (Å²) in [6.45, 7) is 2.23. The van der Waals surface area contributed by atoms with Gasteiger partial charge >= 0.3 is 0 Å². The number of fused-ring (bicyclic) bond motifs is 2. The Morgan fingerprint density at radius 3 is 2.03 bits per heavy atom. The van der Waals surface area contributed by atoms with Crippen LogP contribution in [0.4, 0.5) is 0 Å². The third kappa shape index (κ3) is 5.02. The predicted molar refractivity (Wildman–Crippen MR) is 145 cm³/mol. The van der Waals surface area contributed by atoms with Crippen LogP contribution in [-0.2, 0) is 6.42 Å². The molecule has 1 N–H and O–H groups in total. The van der Waals surface area contributed by atoms with E-state index in [1.807, 2.05) is 0 Å². The average molecular weight is 492 g/mol. The van der Waals surface area contributed by atoms with Crippen molar-refractivity contribution >= 4 is 43.2 Å². The molecule has 1 nitrogen and oxygen atoms in total. The molecule has 0 aromatic heterocycles. The number of allylic oxidation sites excluding steroid dienone is 1. The summed E-state index contributed by atoms with van der Waals surface area (Å²) in [6.07, 6.45) is 3.18. The van der Waals surface area contributed by atoms with Gasteiger partial charge < -0.3 is 5.32 Å². The molecule has 1 unspecified atom stereocenters. The lowest BCUT2D eigenvalue weighted by Gasteiger charge is -2.20. The van der Waals surface area contributed by atoms with Crippen molar-refractivity contribution in [2.45, 2.75) is 19.4 Å². The maximum absolute atomic E-state index is 3.79. The molecular weight excluding hydrogens is 466 g/mol. The molecule has 0 aliphatic carbocycles. The number of benzene rings is 5. The lowest BCUT2D eigenvalue weighted by Crippen LogP contribution is -2.17. The fourth-order valence-corrected chi connectivity index (χ4v) is 4.53. The van der Waals surface area contributed by atoms with Gasteiger partial charge in [0.25, 0.3) is 0 Å². The Kier molecular flexibility index (Phi) is 6.28. The summed E-state index contributed by atoms with van der Waals surface area (Å²) >= 11 is 3.56. The molecule has 2 heteroatoms. The highest BCUT2D eigenvalue weighted by atomic mass is 79.9. The molecule has 1 atom stereocenters. The van der Waals surface area contributed by atoms with Crippen LogP contribution in [0.2, 0.25) is 0 Å². The molecule has 0 amide bonds. The van der Waals surface area contributed by atoms with Gasteiger partial charge in [-0.05, 0) is 69.8 Å². The number of rotatable bonds is 6. The summed E-state index contributed by atoms with van der Waals surface area (Å²) in [5.41, 5.74) is 4.92. The van der Waals surface area contributed by atoms with E-state index in [2.05, 4.69) is 143 Å². The molecule has 5 aromatic rings. The van der Waals surface area contributed by atoms with Crippen LogP contribution in [0.5, 0.6) is 0 Å². The van der Waals surface area contributed by atoms with E-state index in [-0.39, 0.29) is 6.04 Å². The second-order valence-electron chi connectivity index (χ2n) is 8.48. The monoisotopic (exact) mass is 491 g/mol. The fourth-order valence-electron chi connectivity index (χ4n) is 4.27. The first kappa shape index (κ1) is 21.5. The molecule has 0 aliphatic rings. The maximum atomic E-state index is 3.79. The minimum Gasteiger partial charge on any atom is -0.378 e. The van der Waals surface area contributed by atoms with E-state index in [1.165, 1.54) is 38.2 Å². The van der Waals surface area contributed by atoms with E-state index in [0.717, 1.165) is 16.6 Å². The van der Waals surface area contributed by atoms with Gasteiger partial charge in [-0.1, -0.05) is 113 Å². The van der Waals surface area contributed by atoms with Crippen molar-refractivity contribution in [1.29, 1.82) is 0 Å². The van der Waals surface area contributed by atoms with E-state index in [9.17, 15) is 0 Å². The zero-order valence-electron chi connectivity index (χ0n) is 18.6. The highest BCUT2D eigenvalue weighted by Gasteiger charge is 2.10. The van der Waals surface area contributed by atoms with Crippen LogP contribution < -0.4 is 5.32 Å². The number of hydrogen-bond acceptors (Lipinski definition) is 1. The van der Waals surface area contributed by atoms with Crippen molar-refractivity contribution in [2.75, 3.05) is 0 Å². The van der Waals surface area contributed by atoms with Crippen molar-refractivity contribution in [3.63, 3.8) is 0 Å². The summed E-state index contributed by atoms with van der Waals surface area (Å²) < 4.78 is 1.09. The largest absolute Gasteiger partial charge is 0.378 e. The molecule has 0 radical (unpaired) electrons. The molecule has 0 bridgehead atoms. The third-order valence-corrected chi connectivity index (χ3v) is 6.69. The van der Waals surface area contributed by atoms with E-state index < -0.39 is 0 Å². The summed E-state index contributed by atoms with van der Waals surface area (Å²) in [5, 5.41) is 8.89.